The van der Waals surface area contributed by atoms with E-state index in [1.54, 1.807) is 0 Å². The van der Waals surface area contributed by atoms with Crippen molar-refractivity contribution in [3.8, 4) is 0 Å². The fraction of sp³-hybridized carbons (Fsp3) is 1.00. The van der Waals surface area contributed by atoms with E-state index in [1.165, 1.54) is 51.9 Å². The maximum absolute atomic E-state index is 3.76. The van der Waals surface area contributed by atoms with E-state index in [-0.39, 0.29) is 0 Å². The second-order valence-corrected chi connectivity index (χ2v) is 6.98. The summed E-state index contributed by atoms with van der Waals surface area (Å²) in [4.78, 5) is 5.12. The molecule has 1 aliphatic carbocycles. The molecule has 2 aliphatic rings. The molecular weight excluding hydrogens is 234 g/mol. The highest BCUT2D eigenvalue weighted by Gasteiger charge is 2.34. The third-order valence-corrected chi connectivity index (χ3v) is 5.12. The topological polar surface area (TPSA) is 18.5 Å². The van der Waals surface area contributed by atoms with Crippen LogP contribution in [0.3, 0.4) is 0 Å². The van der Waals surface area contributed by atoms with Crippen LogP contribution in [0.1, 0.15) is 39.5 Å². The zero-order valence-electron chi connectivity index (χ0n) is 13.4. The second kappa shape index (κ2) is 7.05. The van der Waals surface area contributed by atoms with Crippen molar-refractivity contribution in [2.45, 2.75) is 51.6 Å². The Kier molecular flexibility index (Phi) is 5.67. The summed E-state index contributed by atoms with van der Waals surface area (Å²) in [6.07, 6.45) is 5.50. The van der Waals surface area contributed by atoms with Crippen molar-refractivity contribution in [1.29, 1.82) is 0 Å². The van der Waals surface area contributed by atoms with Crippen molar-refractivity contribution < 1.29 is 0 Å². The summed E-state index contributed by atoms with van der Waals surface area (Å²) in [5.74, 6) is 1.71. The number of nitrogens with one attached hydrogen (secondary N) is 1. The summed E-state index contributed by atoms with van der Waals surface area (Å²) < 4.78 is 0. The van der Waals surface area contributed by atoms with Gasteiger partial charge in [0.05, 0.1) is 0 Å². The van der Waals surface area contributed by atoms with Crippen molar-refractivity contribution in [2.75, 3.05) is 40.3 Å². The maximum Gasteiger partial charge on any atom is 0.0254 e. The van der Waals surface area contributed by atoms with E-state index in [9.17, 15) is 0 Å². The standard InChI is InChI=1S/C16H33N3/c1-5-9-17-15-8-6-7-14(15)11-19-10-13(2)16(12-19)18(3)4/h13-17H,5-12H2,1-4H3. The summed E-state index contributed by atoms with van der Waals surface area (Å²) in [6, 6.07) is 1.54. The van der Waals surface area contributed by atoms with Gasteiger partial charge < -0.3 is 15.1 Å². The molecule has 112 valence electrons. The molecule has 1 N–H and O–H groups in total. The van der Waals surface area contributed by atoms with Crippen LogP contribution in [0, 0.1) is 11.8 Å². The number of likely N-dealkylation sites (N-methyl/N-ethyl adjacent to an activating group) is 1. The highest BCUT2D eigenvalue weighted by molar-refractivity contribution is 4.91. The molecular formula is C16H33N3. The molecule has 0 aromatic carbocycles. The van der Waals surface area contributed by atoms with E-state index in [0.29, 0.717) is 0 Å². The predicted octanol–water partition coefficient (Wildman–Crippen LogP) is 2.04. The van der Waals surface area contributed by atoms with Gasteiger partial charge in [-0.25, -0.2) is 0 Å². The van der Waals surface area contributed by atoms with E-state index in [1.807, 2.05) is 0 Å². The van der Waals surface area contributed by atoms with Crippen LogP contribution in [0.5, 0.6) is 0 Å². The third kappa shape index (κ3) is 3.93. The predicted molar refractivity (Wildman–Crippen MR) is 82.5 cm³/mol. The molecule has 1 saturated carbocycles. The zero-order valence-corrected chi connectivity index (χ0v) is 13.4. The Labute approximate surface area is 119 Å². The van der Waals surface area contributed by atoms with Crippen LogP contribution < -0.4 is 5.32 Å². The third-order valence-electron chi connectivity index (χ3n) is 5.12. The Morgan fingerprint density at radius 1 is 1.21 bits per heavy atom. The van der Waals surface area contributed by atoms with E-state index >= 15 is 0 Å². The minimum atomic E-state index is 0.753. The van der Waals surface area contributed by atoms with Gasteiger partial charge in [0.2, 0.25) is 0 Å². The van der Waals surface area contributed by atoms with E-state index in [2.05, 4.69) is 43.1 Å². The van der Waals surface area contributed by atoms with Crippen molar-refractivity contribution in [3.05, 3.63) is 0 Å². The molecule has 1 heterocycles. The number of hydrogen-bond donors (Lipinski definition) is 1. The van der Waals surface area contributed by atoms with E-state index in [0.717, 1.165) is 23.9 Å². The zero-order chi connectivity index (χ0) is 13.8. The smallest absolute Gasteiger partial charge is 0.0254 e. The molecule has 0 bridgehead atoms. The Balaban J connectivity index is 1.81. The largest absolute Gasteiger partial charge is 0.314 e. The molecule has 0 radical (unpaired) electrons. The molecule has 0 spiro atoms. The number of likely N-dealkylation sites (tertiary alicyclic amines) is 1. The molecule has 19 heavy (non-hydrogen) atoms. The van der Waals surface area contributed by atoms with Crippen LogP contribution in [0.2, 0.25) is 0 Å². The summed E-state index contributed by atoms with van der Waals surface area (Å²) in [5, 5.41) is 3.76. The van der Waals surface area contributed by atoms with Gasteiger partial charge in [-0.1, -0.05) is 20.3 Å². The number of hydrogen-bond acceptors (Lipinski definition) is 3. The molecule has 2 rings (SSSR count). The SMILES string of the molecule is CCCNC1CCCC1CN1CC(C)C(N(C)C)C1. The molecule has 3 heteroatoms. The van der Waals surface area contributed by atoms with Crippen LogP contribution in [-0.2, 0) is 0 Å². The van der Waals surface area contributed by atoms with E-state index < -0.39 is 0 Å². The van der Waals surface area contributed by atoms with Crippen LogP contribution in [0.25, 0.3) is 0 Å². The van der Waals surface area contributed by atoms with Gasteiger partial charge in [0, 0.05) is 31.7 Å². The number of rotatable bonds is 6. The molecule has 0 amide bonds. The first-order valence-corrected chi connectivity index (χ1v) is 8.24. The van der Waals surface area contributed by atoms with Crippen molar-refractivity contribution in [3.63, 3.8) is 0 Å². The lowest BCUT2D eigenvalue weighted by molar-refractivity contribution is 0.225. The average molecular weight is 267 g/mol. The first-order valence-electron chi connectivity index (χ1n) is 8.24. The van der Waals surface area contributed by atoms with Gasteiger partial charge in [0.25, 0.3) is 0 Å². The van der Waals surface area contributed by atoms with Crippen LogP contribution >= 0.6 is 0 Å². The fourth-order valence-corrected chi connectivity index (χ4v) is 4.05. The minimum absolute atomic E-state index is 0.753. The number of nitrogens with zero attached hydrogens (tertiary/aromatic N) is 2. The lowest BCUT2D eigenvalue weighted by Gasteiger charge is -2.27. The van der Waals surface area contributed by atoms with Crippen LogP contribution in [-0.4, -0.2) is 62.2 Å². The molecule has 1 aliphatic heterocycles. The quantitative estimate of drug-likeness (QED) is 0.794. The normalized spacial score (nSPS) is 36.5. The van der Waals surface area contributed by atoms with Gasteiger partial charge in [-0.2, -0.15) is 0 Å². The van der Waals surface area contributed by atoms with Gasteiger partial charge >= 0.3 is 0 Å². The maximum atomic E-state index is 3.76. The Hall–Kier alpha value is -0.120. The lowest BCUT2D eigenvalue weighted by Crippen LogP contribution is -2.40. The Morgan fingerprint density at radius 2 is 2.00 bits per heavy atom. The first kappa shape index (κ1) is 15.3. The second-order valence-electron chi connectivity index (χ2n) is 6.98. The highest BCUT2D eigenvalue weighted by Crippen LogP contribution is 2.29. The molecule has 3 nitrogen and oxygen atoms in total. The molecule has 4 unspecified atom stereocenters. The summed E-state index contributed by atoms with van der Waals surface area (Å²) >= 11 is 0. The monoisotopic (exact) mass is 267 g/mol. The summed E-state index contributed by atoms with van der Waals surface area (Å²) in [6.45, 7) is 9.74. The van der Waals surface area contributed by atoms with Crippen LogP contribution in [0.15, 0.2) is 0 Å². The lowest BCUT2D eigenvalue weighted by atomic mass is 10.0. The van der Waals surface area contributed by atoms with Crippen molar-refractivity contribution in [2.24, 2.45) is 11.8 Å². The average Bonchev–Trinajstić information content (AvgIpc) is 2.94. The molecule has 2 fully saturated rings. The van der Waals surface area contributed by atoms with Gasteiger partial charge in [-0.15, -0.1) is 0 Å². The molecule has 0 aromatic heterocycles. The first-order chi connectivity index (χ1) is 9.11. The van der Waals surface area contributed by atoms with Crippen molar-refractivity contribution in [1.82, 2.24) is 15.1 Å². The van der Waals surface area contributed by atoms with Gasteiger partial charge in [0.1, 0.15) is 0 Å². The summed E-state index contributed by atoms with van der Waals surface area (Å²) in [7, 11) is 4.46. The summed E-state index contributed by atoms with van der Waals surface area (Å²) in [5.41, 5.74) is 0. The Morgan fingerprint density at radius 3 is 2.63 bits per heavy atom. The Bertz CT molecular complexity index is 267. The molecule has 1 saturated heterocycles. The van der Waals surface area contributed by atoms with Crippen LogP contribution in [0.4, 0.5) is 0 Å². The molecule has 4 atom stereocenters. The van der Waals surface area contributed by atoms with Gasteiger partial charge in [-0.3, -0.25) is 0 Å². The minimum Gasteiger partial charge on any atom is -0.314 e. The highest BCUT2D eigenvalue weighted by atomic mass is 15.2. The molecule has 0 aromatic rings. The van der Waals surface area contributed by atoms with Crippen molar-refractivity contribution >= 4 is 0 Å². The van der Waals surface area contributed by atoms with Gasteiger partial charge in [0.15, 0.2) is 0 Å². The fourth-order valence-electron chi connectivity index (χ4n) is 4.05. The van der Waals surface area contributed by atoms with Gasteiger partial charge in [-0.05, 0) is 51.7 Å². The van der Waals surface area contributed by atoms with E-state index in [4.69, 9.17) is 0 Å².